The van der Waals surface area contributed by atoms with E-state index in [-0.39, 0.29) is 5.91 Å². The maximum atomic E-state index is 12.6. The number of aldehydes is 1. The number of hydrogen-bond acceptors (Lipinski definition) is 3. The molecule has 0 fully saturated rings. The molecule has 1 aromatic heterocycles. The molecule has 1 unspecified atom stereocenters. The topological polar surface area (TPSA) is 59.1 Å². The van der Waals surface area contributed by atoms with Gasteiger partial charge in [-0.05, 0) is 72.2 Å². The minimum absolute atomic E-state index is 0.00260. The van der Waals surface area contributed by atoms with Crippen LogP contribution in [-0.2, 0) is 9.59 Å². The molecule has 0 bridgehead atoms. The fourth-order valence-electron chi connectivity index (χ4n) is 4.13. The van der Waals surface area contributed by atoms with E-state index in [1.165, 1.54) is 5.57 Å². The fraction of sp³-hybridized carbons (Fsp3) is 0.258. The predicted molar refractivity (Wildman–Crippen MR) is 145 cm³/mol. The lowest BCUT2D eigenvalue weighted by Gasteiger charge is -2.26. The number of nitrogens with one attached hydrogen (secondary N) is 1. The molecule has 0 saturated carbocycles. The number of nitrogens with zero attached hydrogens (tertiary/aromatic N) is 1. The monoisotopic (exact) mass is 466 g/mol. The lowest BCUT2D eigenvalue weighted by Crippen LogP contribution is -2.33. The number of rotatable bonds is 9. The van der Waals surface area contributed by atoms with Crippen molar-refractivity contribution in [1.82, 2.24) is 10.3 Å². The van der Waals surface area contributed by atoms with E-state index in [0.717, 1.165) is 46.2 Å². The summed E-state index contributed by atoms with van der Waals surface area (Å²) in [5.41, 5.74) is 7.07. The van der Waals surface area contributed by atoms with E-state index in [4.69, 9.17) is 0 Å². The van der Waals surface area contributed by atoms with E-state index < -0.39 is 0 Å². The first-order valence-electron chi connectivity index (χ1n) is 12.1. The summed E-state index contributed by atoms with van der Waals surface area (Å²) < 4.78 is 0. The van der Waals surface area contributed by atoms with Gasteiger partial charge in [0.2, 0.25) is 0 Å². The molecule has 0 radical (unpaired) electrons. The molecule has 2 aromatic rings. The molecule has 0 spiro atoms. The number of hydrogen-bond donors (Lipinski definition) is 1. The summed E-state index contributed by atoms with van der Waals surface area (Å²) in [7, 11) is 0. The molecule has 1 aliphatic rings. The third kappa shape index (κ3) is 6.63. The van der Waals surface area contributed by atoms with Gasteiger partial charge in [-0.3, -0.25) is 14.6 Å². The molecule has 0 aliphatic carbocycles. The molecule has 1 atom stereocenters. The van der Waals surface area contributed by atoms with Crippen LogP contribution < -0.4 is 5.32 Å². The van der Waals surface area contributed by atoms with Crippen LogP contribution in [0.2, 0.25) is 0 Å². The van der Waals surface area contributed by atoms with Crippen molar-refractivity contribution in [3.8, 4) is 11.3 Å². The standard InChI is InChI=1S/C31H34N2O2/c1-6-8-25(17-22(4)20-34)26-9-7-10-27(19-26)30-18-24(13-15-32-30)11-12-29-28(23(5)21(2)3)14-16-33-31(29)35/h6-13,15,17-21,23H,4,14,16H2,1-3,5H3,(H,33,35)/b8-6-,12-11+,25-17+. The lowest BCUT2D eigenvalue weighted by atomic mass is 9.83. The summed E-state index contributed by atoms with van der Waals surface area (Å²) in [5, 5.41) is 2.97. The Morgan fingerprint density at radius 3 is 2.66 bits per heavy atom. The van der Waals surface area contributed by atoms with E-state index in [0.29, 0.717) is 24.0 Å². The average molecular weight is 467 g/mol. The quantitative estimate of drug-likeness (QED) is 0.258. The second kappa shape index (κ2) is 12.1. The first kappa shape index (κ1) is 25.8. The third-order valence-electron chi connectivity index (χ3n) is 6.38. The van der Waals surface area contributed by atoms with E-state index in [1.54, 1.807) is 12.3 Å². The summed E-state index contributed by atoms with van der Waals surface area (Å²) in [5.74, 6) is 0.827. The molecule has 0 saturated heterocycles. The zero-order valence-electron chi connectivity index (χ0n) is 21.0. The summed E-state index contributed by atoms with van der Waals surface area (Å²) in [4.78, 5) is 28.3. The Morgan fingerprint density at radius 2 is 1.94 bits per heavy atom. The van der Waals surface area contributed by atoms with Gasteiger partial charge in [-0.25, -0.2) is 0 Å². The number of carbonyl (C=O) groups is 2. The van der Waals surface area contributed by atoms with Crippen molar-refractivity contribution in [3.05, 3.63) is 101 Å². The molecule has 1 aromatic carbocycles. The smallest absolute Gasteiger partial charge is 0.251 e. The Bertz CT molecular complexity index is 1230. The van der Waals surface area contributed by atoms with Crippen molar-refractivity contribution < 1.29 is 9.59 Å². The first-order chi connectivity index (χ1) is 16.8. The zero-order chi connectivity index (χ0) is 25.4. The van der Waals surface area contributed by atoms with Gasteiger partial charge < -0.3 is 5.32 Å². The third-order valence-corrected chi connectivity index (χ3v) is 6.38. The predicted octanol–water partition coefficient (Wildman–Crippen LogP) is 6.59. The van der Waals surface area contributed by atoms with Crippen LogP contribution in [0.3, 0.4) is 0 Å². The minimum atomic E-state index is -0.00260. The molecule has 1 aliphatic heterocycles. The Hall–Kier alpha value is -3.79. The van der Waals surface area contributed by atoms with Gasteiger partial charge in [-0.15, -0.1) is 0 Å². The second-order valence-corrected chi connectivity index (χ2v) is 9.16. The number of aromatic nitrogens is 1. The van der Waals surface area contributed by atoms with Crippen molar-refractivity contribution >= 4 is 23.8 Å². The Morgan fingerprint density at radius 1 is 1.14 bits per heavy atom. The molecule has 3 rings (SSSR count). The molecule has 180 valence electrons. The number of benzene rings is 1. The van der Waals surface area contributed by atoms with E-state index >= 15 is 0 Å². The van der Waals surface area contributed by atoms with E-state index in [2.05, 4.69) is 43.7 Å². The largest absolute Gasteiger partial charge is 0.352 e. The van der Waals surface area contributed by atoms with Gasteiger partial charge >= 0.3 is 0 Å². The number of allylic oxidation sites excluding steroid dienone is 5. The molecular formula is C31H34N2O2. The molecule has 4 heteroatoms. The molecule has 35 heavy (non-hydrogen) atoms. The van der Waals surface area contributed by atoms with Crippen LogP contribution in [0.5, 0.6) is 0 Å². The van der Waals surface area contributed by atoms with Crippen LogP contribution in [0.4, 0.5) is 0 Å². The van der Waals surface area contributed by atoms with Gasteiger partial charge in [0, 0.05) is 29.5 Å². The first-order valence-corrected chi connectivity index (χ1v) is 12.1. The Balaban J connectivity index is 1.95. The lowest BCUT2D eigenvalue weighted by molar-refractivity contribution is -0.117. The van der Waals surface area contributed by atoms with Crippen molar-refractivity contribution in [2.24, 2.45) is 11.8 Å². The zero-order valence-corrected chi connectivity index (χ0v) is 21.0. The van der Waals surface area contributed by atoms with E-state index in [1.807, 2.05) is 61.6 Å². The second-order valence-electron chi connectivity index (χ2n) is 9.16. The van der Waals surface area contributed by atoms with Crippen molar-refractivity contribution in [3.63, 3.8) is 0 Å². The van der Waals surface area contributed by atoms with Crippen LogP contribution in [0.25, 0.3) is 22.9 Å². The number of pyridine rings is 1. The molecule has 4 nitrogen and oxygen atoms in total. The summed E-state index contributed by atoms with van der Waals surface area (Å²) in [6.45, 7) is 13.0. The molecule has 1 amide bonds. The molecule has 2 heterocycles. The van der Waals surface area contributed by atoms with Gasteiger partial charge in [-0.1, -0.05) is 69.4 Å². The van der Waals surface area contributed by atoms with Crippen molar-refractivity contribution in [2.75, 3.05) is 6.54 Å². The number of amides is 1. The molecular weight excluding hydrogens is 432 g/mol. The summed E-state index contributed by atoms with van der Waals surface area (Å²) in [6.07, 6.45) is 13.0. The van der Waals surface area contributed by atoms with Gasteiger partial charge in [-0.2, -0.15) is 0 Å². The number of carbonyl (C=O) groups excluding carboxylic acids is 2. The Labute approximate surface area is 208 Å². The van der Waals surface area contributed by atoms with Gasteiger partial charge in [0.05, 0.1) is 5.69 Å². The highest BCUT2D eigenvalue weighted by atomic mass is 16.1. The Kier molecular flexibility index (Phi) is 8.91. The van der Waals surface area contributed by atoms with Gasteiger partial charge in [0.15, 0.2) is 0 Å². The van der Waals surface area contributed by atoms with Crippen LogP contribution in [0.15, 0.2) is 90.2 Å². The average Bonchev–Trinajstić information content (AvgIpc) is 2.87. The van der Waals surface area contributed by atoms with Crippen LogP contribution >= 0.6 is 0 Å². The van der Waals surface area contributed by atoms with Gasteiger partial charge in [0.25, 0.3) is 5.91 Å². The van der Waals surface area contributed by atoms with Crippen LogP contribution in [0.1, 0.15) is 45.2 Å². The highest BCUT2D eigenvalue weighted by Crippen LogP contribution is 2.29. The minimum Gasteiger partial charge on any atom is -0.352 e. The van der Waals surface area contributed by atoms with Crippen molar-refractivity contribution in [2.45, 2.75) is 34.1 Å². The van der Waals surface area contributed by atoms with Gasteiger partial charge in [0.1, 0.15) is 6.29 Å². The summed E-state index contributed by atoms with van der Waals surface area (Å²) >= 11 is 0. The molecule has 1 N–H and O–H groups in total. The van der Waals surface area contributed by atoms with E-state index in [9.17, 15) is 9.59 Å². The van der Waals surface area contributed by atoms with Crippen molar-refractivity contribution in [1.29, 1.82) is 0 Å². The fourth-order valence-corrected chi connectivity index (χ4v) is 4.13. The highest BCUT2D eigenvalue weighted by molar-refractivity contribution is 5.99. The normalized spacial score (nSPS) is 15.7. The maximum absolute atomic E-state index is 12.6. The highest BCUT2D eigenvalue weighted by Gasteiger charge is 2.23. The van der Waals surface area contributed by atoms with Crippen LogP contribution in [-0.4, -0.2) is 23.7 Å². The summed E-state index contributed by atoms with van der Waals surface area (Å²) in [6, 6.07) is 12.0. The SMILES string of the molecule is C=C(C=O)/C=C(\C=C/C)c1cccc(-c2cc(/C=C/C3=C(C(C)C(C)C)CCNC3=O)ccn2)c1. The maximum Gasteiger partial charge on any atom is 0.251 e. The van der Waals surface area contributed by atoms with Crippen LogP contribution in [0, 0.1) is 11.8 Å².